The molecule has 1 saturated carbocycles. The molecule has 1 aliphatic carbocycles. The van der Waals surface area contributed by atoms with Gasteiger partial charge in [0.1, 0.15) is 5.82 Å². The molecule has 0 spiro atoms. The third kappa shape index (κ3) is 2.16. The third-order valence-electron chi connectivity index (χ3n) is 3.47. The summed E-state index contributed by atoms with van der Waals surface area (Å²) in [5.41, 5.74) is 7.63. The maximum atomic E-state index is 11.6. The van der Waals surface area contributed by atoms with Crippen LogP contribution in [0.25, 0.3) is 0 Å². The van der Waals surface area contributed by atoms with Crippen LogP contribution < -0.4 is 11.3 Å². The highest BCUT2D eigenvalue weighted by Crippen LogP contribution is 2.31. The van der Waals surface area contributed by atoms with Gasteiger partial charge in [-0.25, -0.2) is 4.98 Å². The fourth-order valence-electron chi connectivity index (χ4n) is 2.46. The SMILES string of the molecule is Cc1nc(C2CCC(N)CC2)c(C)c(=O)[nH]1. The van der Waals surface area contributed by atoms with Crippen molar-refractivity contribution in [2.75, 3.05) is 0 Å². The van der Waals surface area contributed by atoms with Crippen molar-refractivity contribution in [1.29, 1.82) is 0 Å². The number of aryl methyl sites for hydroxylation is 1. The van der Waals surface area contributed by atoms with E-state index in [9.17, 15) is 4.79 Å². The molecular weight excluding hydrogens is 202 g/mol. The van der Waals surface area contributed by atoms with E-state index in [4.69, 9.17) is 5.73 Å². The van der Waals surface area contributed by atoms with E-state index in [-0.39, 0.29) is 5.56 Å². The van der Waals surface area contributed by atoms with Crippen LogP contribution in [0.15, 0.2) is 4.79 Å². The second kappa shape index (κ2) is 4.37. The minimum Gasteiger partial charge on any atom is -0.328 e. The van der Waals surface area contributed by atoms with Crippen LogP contribution in [-0.4, -0.2) is 16.0 Å². The standard InChI is InChI=1S/C12H19N3O/c1-7-11(14-8(2)15-12(7)16)9-3-5-10(13)6-4-9/h9-10H,3-6,13H2,1-2H3,(H,14,15,16). The second-order valence-electron chi connectivity index (χ2n) is 4.77. The first kappa shape index (κ1) is 11.3. The molecule has 16 heavy (non-hydrogen) atoms. The zero-order valence-electron chi connectivity index (χ0n) is 9.92. The fourth-order valence-corrected chi connectivity index (χ4v) is 2.46. The Bertz CT molecular complexity index is 430. The molecule has 0 bridgehead atoms. The van der Waals surface area contributed by atoms with E-state index in [1.807, 2.05) is 13.8 Å². The lowest BCUT2D eigenvalue weighted by atomic mass is 9.83. The summed E-state index contributed by atoms with van der Waals surface area (Å²) in [4.78, 5) is 18.9. The summed E-state index contributed by atoms with van der Waals surface area (Å²) in [5.74, 6) is 1.13. The molecular formula is C12H19N3O. The number of nitrogens with zero attached hydrogens (tertiary/aromatic N) is 1. The number of nitrogens with two attached hydrogens (primary N) is 1. The maximum Gasteiger partial charge on any atom is 0.254 e. The molecule has 1 fully saturated rings. The summed E-state index contributed by atoms with van der Waals surface area (Å²) >= 11 is 0. The van der Waals surface area contributed by atoms with E-state index < -0.39 is 0 Å². The summed E-state index contributed by atoms with van der Waals surface area (Å²) in [6.45, 7) is 3.69. The van der Waals surface area contributed by atoms with Crippen molar-refractivity contribution >= 4 is 0 Å². The van der Waals surface area contributed by atoms with Gasteiger partial charge in [0.2, 0.25) is 0 Å². The summed E-state index contributed by atoms with van der Waals surface area (Å²) < 4.78 is 0. The average molecular weight is 221 g/mol. The molecule has 4 nitrogen and oxygen atoms in total. The molecule has 0 aliphatic heterocycles. The highest BCUT2D eigenvalue weighted by Gasteiger charge is 2.23. The predicted molar refractivity (Wildman–Crippen MR) is 63.5 cm³/mol. The van der Waals surface area contributed by atoms with Crippen LogP contribution in [0, 0.1) is 13.8 Å². The summed E-state index contributed by atoms with van der Waals surface area (Å²) in [6.07, 6.45) is 4.19. The van der Waals surface area contributed by atoms with Crippen molar-refractivity contribution in [3.8, 4) is 0 Å². The van der Waals surface area contributed by atoms with E-state index in [0.717, 1.165) is 36.9 Å². The first-order valence-electron chi connectivity index (χ1n) is 5.91. The Morgan fingerprint density at radius 2 is 1.88 bits per heavy atom. The Morgan fingerprint density at radius 1 is 1.25 bits per heavy atom. The molecule has 0 radical (unpaired) electrons. The lowest BCUT2D eigenvalue weighted by molar-refractivity contribution is 0.388. The normalized spacial score (nSPS) is 25.7. The molecule has 0 unspecified atom stereocenters. The first-order valence-corrected chi connectivity index (χ1v) is 5.91. The maximum absolute atomic E-state index is 11.6. The molecule has 2 rings (SSSR count). The van der Waals surface area contributed by atoms with Crippen molar-refractivity contribution < 1.29 is 0 Å². The highest BCUT2D eigenvalue weighted by atomic mass is 16.1. The van der Waals surface area contributed by atoms with Crippen LogP contribution in [0.3, 0.4) is 0 Å². The summed E-state index contributed by atoms with van der Waals surface area (Å²) in [6, 6.07) is 0.333. The zero-order chi connectivity index (χ0) is 11.7. The van der Waals surface area contributed by atoms with Crippen molar-refractivity contribution in [3.05, 3.63) is 27.4 Å². The summed E-state index contributed by atoms with van der Waals surface area (Å²) in [7, 11) is 0. The third-order valence-corrected chi connectivity index (χ3v) is 3.47. The Hall–Kier alpha value is -1.16. The number of nitrogens with one attached hydrogen (secondary N) is 1. The van der Waals surface area contributed by atoms with Crippen molar-refractivity contribution in [3.63, 3.8) is 0 Å². The van der Waals surface area contributed by atoms with E-state index in [2.05, 4.69) is 9.97 Å². The van der Waals surface area contributed by atoms with Crippen LogP contribution in [0.2, 0.25) is 0 Å². The Labute approximate surface area is 95.3 Å². The molecule has 1 aromatic rings. The van der Waals surface area contributed by atoms with Crippen molar-refractivity contribution in [2.24, 2.45) is 5.73 Å². The van der Waals surface area contributed by atoms with Gasteiger partial charge in [0.05, 0.1) is 5.69 Å². The highest BCUT2D eigenvalue weighted by molar-refractivity contribution is 5.20. The van der Waals surface area contributed by atoms with Crippen molar-refractivity contribution in [1.82, 2.24) is 9.97 Å². The van der Waals surface area contributed by atoms with Gasteiger partial charge >= 0.3 is 0 Å². The molecule has 0 amide bonds. The number of H-pyrrole nitrogens is 1. The lowest BCUT2D eigenvalue weighted by Gasteiger charge is -2.26. The zero-order valence-corrected chi connectivity index (χ0v) is 9.92. The van der Waals surface area contributed by atoms with Gasteiger partial charge in [-0.1, -0.05) is 0 Å². The number of aromatic nitrogens is 2. The minimum absolute atomic E-state index is 0.00243. The average Bonchev–Trinajstić information content (AvgIpc) is 2.25. The summed E-state index contributed by atoms with van der Waals surface area (Å²) in [5, 5.41) is 0. The van der Waals surface area contributed by atoms with Gasteiger partial charge in [0.25, 0.3) is 5.56 Å². The molecule has 3 N–H and O–H groups in total. The molecule has 88 valence electrons. The second-order valence-corrected chi connectivity index (χ2v) is 4.77. The molecule has 4 heteroatoms. The largest absolute Gasteiger partial charge is 0.328 e. The van der Waals surface area contributed by atoms with Gasteiger partial charge in [-0.05, 0) is 39.5 Å². The lowest BCUT2D eigenvalue weighted by Crippen LogP contribution is -2.27. The van der Waals surface area contributed by atoms with E-state index >= 15 is 0 Å². The number of hydrogen-bond donors (Lipinski definition) is 2. The number of aromatic amines is 1. The topological polar surface area (TPSA) is 71.8 Å². The van der Waals surface area contributed by atoms with Crippen LogP contribution in [0.5, 0.6) is 0 Å². The molecule has 1 aliphatic rings. The molecule has 1 aromatic heterocycles. The van der Waals surface area contributed by atoms with Crippen LogP contribution in [-0.2, 0) is 0 Å². The van der Waals surface area contributed by atoms with Crippen LogP contribution in [0.4, 0.5) is 0 Å². The quantitative estimate of drug-likeness (QED) is 0.752. The van der Waals surface area contributed by atoms with Gasteiger partial charge in [0, 0.05) is 17.5 Å². The molecule has 0 saturated heterocycles. The van der Waals surface area contributed by atoms with Crippen LogP contribution >= 0.6 is 0 Å². The van der Waals surface area contributed by atoms with Gasteiger partial charge in [-0.2, -0.15) is 0 Å². The number of hydrogen-bond acceptors (Lipinski definition) is 3. The first-order chi connectivity index (χ1) is 7.58. The molecule has 0 atom stereocenters. The fraction of sp³-hybridized carbons (Fsp3) is 0.667. The minimum atomic E-state index is -0.00243. The van der Waals surface area contributed by atoms with Gasteiger partial charge in [0.15, 0.2) is 0 Å². The van der Waals surface area contributed by atoms with E-state index in [0.29, 0.717) is 17.8 Å². The van der Waals surface area contributed by atoms with Gasteiger partial charge < -0.3 is 10.7 Å². The van der Waals surface area contributed by atoms with E-state index in [1.54, 1.807) is 0 Å². The smallest absolute Gasteiger partial charge is 0.254 e. The Balaban J connectivity index is 2.30. The van der Waals surface area contributed by atoms with Crippen molar-refractivity contribution in [2.45, 2.75) is 51.5 Å². The number of rotatable bonds is 1. The Morgan fingerprint density at radius 3 is 2.50 bits per heavy atom. The Kier molecular flexibility index (Phi) is 3.10. The van der Waals surface area contributed by atoms with Crippen LogP contribution in [0.1, 0.15) is 48.7 Å². The van der Waals surface area contributed by atoms with E-state index in [1.165, 1.54) is 0 Å². The predicted octanol–water partition coefficient (Wildman–Crippen LogP) is 1.37. The monoisotopic (exact) mass is 221 g/mol. The molecule has 1 heterocycles. The van der Waals surface area contributed by atoms with Gasteiger partial charge in [-0.15, -0.1) is 0 Å². The van der Waals surface area contributed by atoms with Gasteiger partial charge in [-0.3, -0.25) is 4.79 Å². The molecule has 0 aromatic carbocycles.